The van der Waals surface area contributed by atoms with E-state index in [9.17, 15) is 0 Å². The zero-order chi connectivity index (χ0) is 14.3. The molecule has 0 N–H and O–H groups in total. The third-order valence-corrected chi connectivity index (χ3v) is 4.35. The number of hydrogen-bond acceptors (Lipinski definition) is 2. The number of aromatic nitrogens is 2. The standard InChI is InChI=1S/C17H23N3/c1-5-13-11-20(12(2)3)17-7-6-14(8-16(13)17)15-9-18-19(4)10-15/h6-10,12-13H,5,11H2,1-4H3/t13-/m1/s1. The Morgan fingerprint density at radius 2 is 2.10 bits per heavy atom. The fourth-order valence-electron chi connectivity index (χ4n) is 3.17. The highest BCUT2D eigenvalue weighted by molar-refractivity contribution is 5.71. The minimum absolute atomic E-state index is 0.564. The average Bonchev–Trinajstić information content (AvgIpc) is 3.01. The minimum atomic E-state index is 0.564. The van der Waals surface area contributed by atoms with Crippen molar-refractivity contribution in [3.63, 3.8) is 0 Å². The van der Waals surface area contributed by atoms with Crippen molar-refractivity contribution >= 4 is 5.69 Å². The molecule has 2 aromatic rings. The van der Waals surface area contributed by atoms with Gasteiger partial charge in [0, 0.05) is 43.0 Å². The molecule has 1 aliphatic heterocycles. The zero-order valence-electron chi connectivity index (χ0n) is 12.8. The summed E-state index contributed by atoms with van der Waals surface area (Å²) in [5.74, 6) is 0.657. The summed E-state index contributed by atoms with van der Waals surface area (Å²) >= 11 is 0. The largest absolute Gasteiger partial charge is 0.368 e. The van der Waals surface area contributed by atoms with Gasteiger partial charge in [-0.05, 0) is 43.5 Å². The molecule has 20 heavy (non-hydrogen) atoms. The highest BCUT2D eigenvalue weighted by Gasteiger charge is 2.29. The Hall–Kier alpha value is -1.77. The molecule has 0 saturated heterocycles. The van der Waals surface area contributed by atoms with Crippen molar-refractivity contribution in [3.05, 3.63) is 36.2 Å². The highest BCUT2D eigenvalue weighted by Crippen LogP contribution is 2.41. The van der Waals surface area contributed by atoms with Gasteiger partial charge in [-0.15, -0.1) is 0 Å². The predicted molar refractivity (Wildman–Crippen MR) is 84.2 cm³/mol. The second kappa shape index (κ2) is 4.97. The third kappa shape index (κ3) is 2.11. The number of nitrogens with zero attached hydrogens (tertiary/aromatic N) is 3. The van der Waals surface area contributed by atoms with Crippen LogP contribution in [0.1, 0.15) is 38.7 Å². The lowest BCUT2D eigenvalue weighted by molar-refractivity contribution is 0.630. The summed E-state index contributed by atoms with van der Waals surface area (Å²) in [4.78, 5) is 2.52. The van der Waals surface area contributed by atoms with Gasteiger partial charge in [-0.3, -0.25) is 4.68 Å². The monoisotopic (exact) mass is 269 g/mol. The van der Waals surface area contributed by atoms with Gasteiger partial charge in [0.25, 0.3) is 0 Å². The van der Waals surface area contributed by atoms with E-state index >= 15 is 0 Å². The smallest absolute Gasteiger partial charge is 0.0568 e. The van der Waals surface area contributed by atoms with E-state index in [0.29, 0.717) is 12.0 Å². The summed E-state index contributed by atoms with van der Waals surface area (Å²) in [6.07, 6.45) is 5.22. The molecule has 106 valence electrons. The Labute approximate surface area is 121 Å². The van der Waals surface area contributed by atoms with Crippen molar-refractivity contribution < 1.29 is 0 Å². The lowest BCUT2D eigenvalue weighted by atomic mass is 9.95. The Morgan fingerprint density at radius 3 is 2.70 bits per heavy atom. The lowest BCUT2D eigenvalue weighted by Crippen LogP contribution is -2.29. The van der Waals surface area contributed by atoms with Crippen LogP contribution in [0.4, 0.5) is 5.69 Å². The number of fused-ring (bicyclic) bond motifs is 1. The molecule has 3 rings (SSSR count). The number of rotatable bonds is 3. The number of aryl methyl sites for hydroxylation is 1. The molecule has 0 spiro atoms. The molecule has 0 unspecified atom stereocenters. The number of benzene rings is 1. The fraction of sp³-hybridized carbons (Fsp3) is 0.471. The van der Waals surface area contributed by atoms with Crippen molar-refractivity contribution in [3.8, 4) is 11.1 Å². The maximum absolute atomic E-state index is 4.28. The molecule has 3 heteroatoms. The number of anilines is 1. The fourth-order valence-corrected chi connectivity index (χ4v) is 3.17. The van der Waals surface area contributed by atoms with Crippen molar-refractivity contribution in [2.75, 3.05) is 11.4 Å². The van der Waals surface area contributed by atoms with Gasteiger partial charge in [0.05, 0.1) is 6.20 Å². The summed E-state index contributed by atoms with van der Waals surface area (Å²) in [5, 5.41) is 4.28. The second-order valence-corrected chi connectivity index (χ2v) is 6.03. The average molecular weight is 269 g/mol. The topological polar surface area (TPSA) is 21.1 Å². The first-order valence-corrected chi connectivity index (χ1v) is 7.49. The van der Waals surface area contributed by atoms with E-state index in [1.165, 1.54) is 28.8 Å². The van der Waals surface area contributed by atoms with Crippen LogP contribution in [-0.2, 0) is 7.05 Å². The predicted octanol–water partition coefficient (Wildman–Crippen LogP) is 3.81. The van der Waals surface area contributed by atoms with Gasteiger partial charge in [0.1, 0.15) is 0 Å². The first-order valence-electron chi connectivity index (χ1n) is 7.49. The van der Waals surface area contributed by atoms with Gasteiger partial charge in [0.2, 0.25) is 0 Å². The van der Waals surface area contributed by atoms with Gasteiger partial charge in [-0.2, -0.15) is 5.10 Å². The van der Waals surface area contributed by atoms with Gasteiger partial charge >= 0.3 is 0 Å². The van der Waals surface area contributed by atoms with Crippen LogP contribution < -0.4 is 4.90 Å². The Balaban J connectivity index is 2.03. The van der Waals surface area contributed by atoms with Crippen molar-refractivity contribution in [1.29, 1.82) is 0 Å². The van der Waals surface area contributed by atoms with Crippen molar-refractivity contribution in [2.24, 2.45) is 7.05 Å². The maximum Gasteiger partial charge on any atom is 0.0568 e. The first-order chi connectivity index (χ1) is 9.60. The van der Waals surface area contributed by atoms with Crippen LogP contribution in [0.15, 0.2) is 30.6 Å². The van der Waals surface area contributed by atoms with Crippen LogP contribution in [0.25, 0.3) is 11.1 Å². The van der Waals surface area contributed by atoms with E-state index in [4.69, 9.17) is 0 Å². The van der Waals surface area contributed by atoms with Crippen LogP contribution in [0, 0.1) is 0 Å². The second-order valence-electron chi connectivity index (χ2n) is 6.03. The minimum Gasteiger partial charge on any atom is -0.368 e. The molecule has 0 fully saturated rings. The normalized spacial score (nSPS) is 17.9. The van der Waals surface area contributed by atoms with E-state index in [1.54, 1.807) is 0 Å². The molecule has 0 bridgehead atoms. The van der Waals surface area contributed by atoms with Gasteiger partial charge in [0.15, 0.2) is 0 Å². The Kier molecular flexibility index (Phi) is 3.28. The van der Waals surface area contributed by atoms with Crippen LogP contribution in [0.3, 0.4) is 0 Å². The Morgan fingerprint density at radius 1 is 1.30 bits per heavy atom. The zero-order valence-corrected chi connectivity index (χ0v) is 12.8. The third-order valence-electron chi connectivity index (χ3n) is 4.35. The molecule has 0 aliphatic carbocycles. The summed E-state index contributed by atoms with van der Waals surface area (Å²) in [7, 11) is 1.96. The SMILES string of the molecule is CC[C@@H]1CN(C(C)C)c2ccc(-c3cnn(C)c3)cc21. The van der Waals surface area contributed by atoms with Gasteiger partial charge < -0.3 is 4.90 Å². The molecule has 1 aliphatic rings. The first kappa shape index (κ1) is 13.2. The molecule has 1 aromatic heterocycles. The van der Waals surface area contributed by atoms with Crippen LogP contribution in [-0.4, -0.2) is 22.4 Å². The maximum atomic E-state index is 4.28. The number of hydrogen-bond donors (Lipinski definition) is 0. The van der Waals surface area contributed by atoms with E-state index in [1.807, 2.05) is 17.9 Å². The van der Waals surface area contributed by atoms with E-state index in [-0.39, 0.29) is 0 Å². The molecule has 2 heterocycles. The molecular weight excluding hydrogens is 246 g/mol. The summed E-state index contributed by atoms with van der Waals surface area (Å²) in [6.45, 7) is 7.99. The quantitative estimate of drug-likeness (QED) is 0.845. The molecule has 1 atom stereocenters. The molecule has 3 nitrogen and oxygen atoms in total. The molecular formula is C17H23N3. The van der Waals surface area contributed by atoms with Crippen molar-refractivity contribution in [1.82, 2.24) is 9.78 Å². The van der Waals surface area contributed by atoms with Crippen LogP contribution in [0.5, 0.6) is 0 Å². The van der Waals surface area contributed by atoms with Crippen LogP contribution >= 0.6 is 0 Å². The van der Waals surface area contributed by atoms with E-state index < -0.39 is 0 Å². The van der Waals surface area contributed by atoms with Crippen LogP contribution in [0.2, 0.25) is 0 Å². The highest BCUT2D eigenvalue weighted by atomic mass is 15.2. The van der Waals surface area contributed by atoms with Crippen molar-refractivity contribution in [2.45, 2.75) is 39.2 Å². The summed E-state index contributed by atoms with van der Waals surface area (Å²) < 4.78 is 1.86. The molecule has 0 radical (unpaired) electrons. The van der Waals surface area contributed by atoms with Gasteiger partial charge in [-0.25, -0.2) is 0 Å². The van der Waals surface area contributed by atoms with Gasteiger partial charge in [-0.1, -0.05) is 13.0 Å². The van der Waals surface area contributed by atoms with E-state index in [0.717, 1.165) is 6.54 Å². The molecule has 1 aromatic carbocycles. The summed E-state index contributed by atoms with van der Waals surface area (Å²) in [5.41, 5.74) is 5.40. The molecule has 0 amide bonds. The summed E-state index contributed by atoms with van der Waals surface area (Å²) in [6, 6.07) is 7.44. The molecule has 0 saturated carbocycles. The lowest BCUT2D eigenvalue weighted by Gasteiger charge is -2.24. The Bertz CT molecular complexity index is 612. The van der Waals surface area contributed by atoms with E-state index in [2.05, 4.69) is 55.2 Å².